The van der Waals surface area contributed by atoms with Crippen LogP contribution < -0.4 is 5.32 Å². The zero-order valence-electron chi connectivity index (χ0n) is 10.5. The number of nitrogens with zero attached hydrogens (tertiary/aromatic N) is 1. The van der Waals surface area contributed by atoms with Crippen LogP contribution in [0.15, 0.2) is 30.3 Å². The minimum atomic E-state index is 0.0215. The summed E-state index contributed by atoms with van der Waals surface area (Å²) in [5.41, 5.74) is 1.29. The maximum atomic E-state index is 12.0. The molecule has 0 saturated carbocycles. The minimum absolute atomic E-state index is 0.0215. The molecule has 2 unspecified atom stereocenters. The van der Waals surface area contributed by atoms with Crippen molar-refractivity contribution in [3.05, 3.63) is 35.9 Å². The van der Waals surface area contributed by atoms with E-state index < -0.39 is 0 Å². The first-order valence-corrected chi connectivity index (χ1v) is 6.24. The lowest BCUT2D eigenvalue weighted by Gasteiger charge is -2.24. The van der Waals surface area contributed by atoms with Gasteiger partial charge in [-0.25, -0.2) is 0 Å². The van der Waals surface area contributed by atoms with Gasteiger partial charge in [0.1, 0.15) is 0 Å². The molecule has 0 aromatic heterocycles. The van der Waals surface area contributed by atoms with Crippen LogP contribution in [0.25, 0.3) is 0 Å². The van der Waals surface area contributed by atoms with E-state index in [1.807, 2.05) is 30.1 Å². The van der Waals surface area contributed by atoms with Crippen LogP contribution in [0.1, 0.15) is 18.9 Å². The molecule has 0 bridgehead atoms. The number of rotatable bonds is 4. The normalized spacial score (nSPS) is 21.9. The smallest absolute Gasteiger partial charge is 0.240 e. The van der Waals surface area contributed by atoms with Crippen LogP contribution in [-0.4, -0.2) is 36.5 Å². The van der Waals surface area contributed by atoms with Crippen molar-refractivity contribution >= 4 is 5.91 Å². The lowest BCUT2D eigenvalue weighted by atomic mass is 10.1. The lowest BCUT2D eigenvalue weighted by molar-refractivity contribution is -0.130. The molecule has 92 valence electrons. The van der Waals surface area contributed by atoms with Gasteiger partial charge < -0.3 is 10.2 Å². The molecule has 0 spiro atoms. The summed E-state index contributed by atoms with van der Waals surface area (Å²) in [6.07, 6.45) is 1.86. The standard InChI is InChI=1S/C14H20N2O/c1-11(10-12-6-4-3-5-7-12)16-9-8-13(15-2)14(16)17/h3-7,11,13,15H,8-10H2,1-2H3. The summed E-state index contributed by atoms with van der Waals surface area (Å²) < 4.78 is 0. The predicted molar refractivity (Wildman–Crippen MR) is 68.8 cm³/mol. The Morgan fingerprint density at radius 2 is 2.12 bits per heavy atom. The Hall–Kier alpha value is -1.35. The second-order valence-corrected chi connectivity index (χ2v) is 4.70. The van der Waals surface area contributed by atoms with Crippen LogP contribution in [0.4, 0.5) is 0 Å². The summed E-state index contributed by atoms with van der Waals surface area (Å²) in [7, 11) is 1.86. The third-order valence-electron chi connectivity index (χ3n) is 3.49. The Kier molecular flexibility index (Phi) is 3.79. The molecule has 0 radical (unpaired) electrons. The largest absolute Gasteiger partial charge is 0.338 e. The molecule has 1 aliphatic heterocycles. The summed E-state index contributed by atoms with van der Waals surface area (Å²) in [5.74, 6) is 0.246. The number of carbonyl (C=O) groups is 1. The molecular formula is C14H20N2O. The first-order chi connectivity index (χ1) is 8.22. The molecule has 1 saturated heterocycles. The van der Waals surface area contributed by atoms with Crippen molar-refractivity contribution in [1.29, 1.82) is 0 Å². The van der Waals surface area contributed by atoms with Crippen molar-refractivity contribution in [3.8, 4) is 0 Å². The summed E-state index contributed by atoms with van der Waals surface area (Å²) in [6.45, 7) is 3.00. The van der Waals surface area contributed by atoms with Crippen LogP contribution in [0, 0.1) is 0 Å². The zero-order valence-corrected chi connectivity index (χ0v) is 10.5. The van der Waals surface area contributed by atoms with Crippen molar-refractivity contribution < 1.29 is 4.79 Å². The van der Waals surface area contributed by atoms with Crippen LogP contribution in [0.5, 0.6) is 0 Å². The number of amides is 1. The van der Waals surface area contributed by atoms with E-state index in [9.17, 15) is 4.79 Å². The van der Waals surface area contributed by atoms with Crippen molar-refractivity contribution in [3.63, 3.8) is 0 Å². The summed E-state index contributed by atoms with van der Waals surface area (Å²) in [4.78, 5) is 14.0. The highest BCUT2D eigenvalue weighted by molar-refractivity contribution is 5.84. The molecule has 1 aromatic rings. The third-order valence-corrected chi connectivity index (χ3v) is 3.49. The fourth-order valence-electron chi connectivity index (χ4n) is 2.47. The second-order valence-electron chi connectivity index (χ2n) is 4.70. The van der Waals surface area contributed by atoms with E-state index in [0.29, 0.717) is 0 Å². The Morgan fingerprint density at radius 3 is 2.71 bits per heavy atom. The molecule has 2 atom stereocenters. The predicted octanol–water partition coefficient (Wildman–Crippen LogP) is 1.44. The topological polar surface area (TPSA) is 32.3 Å². The van der Waals surface area contributed by atoms with E-state index in [0.717, 1.165) is 19.4 Å². The number of hydrogen-bond acceptors (Lipinski definition) is 2. The number of likely N-dealkylation sites (tertiary alicyclic amines) is 1. The molecule has 1 N–H and O–H groups in total. The van der Waals surface area contributed by atoms with Crippen LogP contribution >= 0.6 is 0 Å². The molecule has 0 aliphatic carbocycles. The highest BCUT2D eigenvalue weighted by atomic mass is 16.2. The molecule has 3 heteroatoms. The van der Waals surface area contributed by atoms with E-state index in [1.165, 1.54) is 5.56 Å². The highest BCUT2D eigenvalue weighted by Crippen LogP contribution is 2.17. The first kappa shape index (κ1) is 12.1. The van der Waals surface area contributed by atoms with Gasteiger partial charge in [-0.15, -0.1) is 0 Å². The van der Waals surface area contributed by atoms with Gasteiger partial charge in [0, 0.05) is 12.6 Å². The SMILES string of the molecule is CNC1CCN(C(C)Cc2ccccc2)C1=O. The maximum absolute atomic E-state index is 12.0. The third kappa shape index (κ3) is 2.67. The molecular weight excluding hydrogens is 212 g/mol. The van der Waals surface area contributed by atoms with Gasteiger partial charge in [-0.2, -0.15) is 0 Å². The summed E-state index contributed by atoms with van der Waals surface area (Å²) >= 11 is 0. The fourth-order valence-corrected chi connectivity index (χ4v) is 2.47. The van der Waals surface area contributed by atoms with Crippen molar-refractivity contribution in [2.24, 2.45) is 0 Å². The van der Waals surface area contributed by atoms with E-state index in [2.05, 4.69) is 24.4 Å². The Balaban J connectivity index is 1.97. The van der Waals surface area contributed by atoms with Gasteiger partial charge >= 0.3 is 0 Å². The summed E-state index contributed by atoms with van der Waals surface area (Å²) in [6, 6.07) is 10.6. The maximum Gasteiger partial charge on any atom is 0.240 e. The van der Waals surface area contributed by atoms with Gasteiger partial charge in [-0.05, 0) is 32.4 Å². The van der Waals surface area contributed by atoms with E-state index in [4.69, 9.17) is 0 Å². The van der Waals surface area contributed by atoms with Gasteiger partial charge in [-0.3, -0.25) is 4.79 Å². The van der Waals surface area contributed by atoms with E-state index in [1.54, 1.807) is 0 Å². The quantitative estimate of drug-likeness (QED) is 0.852. The van der Waals surface area contributed by atoms with Crippen LogP contribution in [-0.2, 0) is 11.2 Å². The number of carbonyl (C=O) groups excluding carboxylic acids is 1. The van der Waals surface area contributed by atoms with Crippen LogP contribution in [0.2, 0.25) is 0 Å². The van der Waals surface area contributed by atoms with Gasteiger partial charge in [-0.1, -0.05) is 30.3 Å². The molecule has 17 heavy (non-hydrogen) atoms. The number of nitrogens with one attached hydrogen (secondary N) is 1. The fraction of sp³-hybridized carbons (Fsp3) is 0.500. The molecule has 1 aromatic carbocycles. The minimum Gasteiger partial charge on any atom is -0.338 e. The van der Waals surface area contributed by atoms with E-state index >= 15 is 0 Å². The number of likely N-dealkylation sites (N-methyl/N-ethyl adjacent to an activating group) is 1. The van der Waals surface area contributed by atoms with Gasteiger partial charge in [0.15, 0.2) is 0 Å². The molecule has 2 rings (SSSR count). The Bertz CT molecular complexity index is 377. The van der Waals surface area contributed by atoms with Gasteiger partial charge in [0.2, 0.25) is 5.91 Å². The van der Waals surface area contributed by atoms with Crippen molar-refractivity contribution in [2.45, 2.75) is 31.8 Å². The average Bonchev–Trinajstić information content (AvgIpc) is 2.71. The molecule has 1 fully saturated rings. The summed E-state index contributed by atoms with van der Waals surface area (Å²) in [5, 5.41) is 3.07. The Labute approximate surface area is 103 Å². The molecule has 1 aliphatic rings. The Morgan fingerprint density at radius 1 is 1.41 bits per heavy atom. The number of benzene rings is 1. The zero-order chi connectivity index (χ0) is 12.3. The highest BCUT2D eigenvalue weighted by Gasteiger charge is 2.32. The van der Waals surface area contributed by atoms with Crippen molar-refractivity contribution in [2.75, 3.05) is 13.6 Å². The molecule has 1 amide bonds. The molecule has 3 nitrogen and oxygen atoms in total. The van der Waals surface area contributed by atoms with Gasteiger partial charge in [0.25, 0.3) is 0 Å². The lowest BCUT2D eigenvalue weighted by Crippen LogP contribution is -2.41. The number of hydrogen-bond donors (Lipinski definition) is 1. The molecule has 1 heterocycles. The van der Waals surface area contributed by atoms with Crippen molar-refractivity contribution in [1.82, 2.24) is 10.2 Å². The van der Waals surface area contributed by atoms with Gasteiger partial charge in [0.05, 0.1) is 6.04 Å². The first-order valence-electron chi connectivity index (χ1n) is 6.24. The van der Waals surface area contributed by atoms with E-state index in [-0.39, 0.29) is 18.0 Å². The monoisotopic (exact) mass is 232 g/mol. The average molecular weight is 232 g/mol. The second kappa shape index (κ2) is 5.32. The van der Waals surface area contributed by atoms with Crippen LogP contribution in [0.3, 0.4) is 0 Å².